The molecule has 0 amide bonds. The van der Waals surface area contributed by atoms with Crippen LogP contribution in [-0.4, -0.2) is 9.55 Å². The number of anilines is 1. The van der Waals surface area contributed by atoms with Crippen molar-refractivity contribution in [1.29, 1.82) is 5.26 Å². The largest absolute Gasteiger partial charge is 0.420 e. The molecule has 0 unspecified atom stereocenters. The first kappa shape index (κ1) is 18.5. The molecule has 0 fully saturated rings. The second-order valence-corrected chi connectivity index (χ2v) is 7.29. The van der Waals surface area contributed by atoms with Crippen LogP contribution in [0.25, 0.3) is 22.4 Å². The number of rotatable bonds is 3. The highest BCUT2D eigenvalue weighted by atomic mass is 16.4. The SMILES string of the molecule is Cc1cc(C)c(-c2cc(Cn3c(=O)oc4cc(N)ccc43)c(C)cn2)c(C#N)c1. The molecule has 29 heavy (non-hydrogen) atoms. The summed E-state index contributed by atoms with van der Waals surface area (Å²) in [4.78, 5) is 17.0. The van der Waals surface area contributed by atoms with Crippen molar-refractivity contribution < 1.29 is 4.42 Å². The summed E-state index contributed by atoms with van der Waals surface area (Å²) in [5, 5.41) is 9.59. The molecule has 0 aliphatic rings. The lowest BCUT2D eigenvalue weighted by atomic mass is 9.95. The molecule has 0 saturated heterocycles. The molecule has 2 aromatic heterocycles. The number of pyridine rings is 1. The Bertz CT molecular complexity index is 1360. The molecule has 2 heterocycles. The van der Waals surface area contributed by atoms with Crippen molar-refractivity contribution in [2.75, 3.05) is 5.73 Å². The highest BCUT2D eigenvalue weighted by Gasteiger charge is 2.15. The smallest absolute Gasteiger partial charge is 0.408 e. The number of nitriles is 1. The van der Waals surface area contributed by atoms with Crippen LogP contribution in [0.15, 0.2) is 51.8 Å². The van der Waals surface area contributed by atoms with Gasteiger partial charge in [0.2, 0.25) is 0 Å². The number of nitrogens with zero attached hydrogens (tertiary/aromatic N) is 3. The van der Waals surface area contributed by atoms with Crippen LogP contribution in [0.5, 0.6) is 0 Å². The predicted octanol–water partition coefficient (Wildman–Crippen LogP) is 4.08. The topological polar surface area (TPSA) is 97.8 Å². The molecule has 2 aromatic carbocycles. The Morgan fingerprint density at radius 3 is 2.69 bits per heavy atom. The summed E-state index contributed by atoms with van der Waals surface area (Å²) in [6.45, 7) is 6.23. The van der Waals surface area contributed by atoms with Crippen molar-refractivity contribution in [1.82, 2.24) is 9.55 Å². The third-order valence-corrected chi connectivity index (χ3v) is 5.09. The number of nitrogens with two attached hydrogens (primary N) is 1. The molecule has 6 nitrogen and oxygen atoms in total. The van der Waals surface area contributed by atoms with Crippen molar-refractivity contribution in [2.24, 2.45) is 0 Å². The van der Waals surface area contributed by atoms with Gasteiger partial charge in [0.15, 0.2) is 5.58 Å². The van der Waals surface area contributed by atoms with Crippen LogP contribution >= 0.6 is 0 Å². The van der Waals surface area contributed by atoms with Gasteiger partial charge in [0.25, 0.3) is 0 Å². The Kier molecular flexibility index (Phi) is 4.44. The molecule has 0 spiro atoms. The van der Waals surface area contributed by atoms with Gasteiger partial charge in [-0.3, -0.25) is 9.55 Å². The molecule has 0 aliphatic heterocycles. The second kappa shape index (κ2) is 6.95. The highest BCUT2D eigenvalue weighted by molar-refractivity contribution is 5.77. The van der Waals surface area contributed by atoms with E-state index in [-0.39, 0.29) is 0 Å². The van der Waals surface area contributed by atoms with Gasteiger partial charge in [-0.2, -0.15) is 5.26 Å². The van der Waals surface area contributed by atoms with Gasteiger partial charge >= 0.3 is 5.76 Å². The molecule has 4 aromatic rings. The van der Waals surface area contributed by atoms with E-state index in [1.165, 1.54) is 0 Å². The van der Waals surface area contributed by atoms with Gasteiger partial charge in [-0.25, -0.2) is 4.79 Å². The number of fused-ring (bicyclic) bond motifs is 1. The molecule has 0 aliphatic carbocycles. The summed E-state index contributed by atoms with van der Waals surface area (Å²) < 4.78 is 6.92. The van der Waals surface area contributed by atoms with Crippen molar-refractivity contribution in [2.45, 2.75) is 27.3 Å². The van der Waals surface area contributed by atoms with E-state index in [0.29, 0.717) is 34.6 Å². The summed E-state index contributed by atoms with van der Waals surface area (Å²) in [7, 11) is 0. The minimum Gasteiger partial charge on any atom is -0.408 e. The quantitative estimate of drug-likeness (QED) is 0.537. The Balaban J connectivity index is 1.84. The lowest BCUT2D eigenvalue weighted by molar-refractivity contribution is 0.517. The van der Waals surface area contributed by atoms with E-state index in [1.54, 1.807) is 29.0 Å². The fourth-order valence-corrected chi connectivity index (χ4v) is 3.67. The molecule has 2 N–H and O–H groups in total. The van der Waals surface area contributed by atoms with Gasteiger partial charge in [-0.15, -0.1) is 0 Å². The van der Waals surface area contributed by atoms with Gasteiger partial charge in [0, 0.05) is 23.5 Å². The van der Waals surface area contributed by atoms with Gasteiger partial charge in [-0.1, -0.05) is 6.07 Å². The first-order valence-electron chi connectivity index (χ1n) is 9.23. The summed E-state index contributed by atoms with van der Waals surface area (Å²) in [6, 6.07) is 13.3. The van der Waals surface area contributed by atoms with Gasteiger partial charge in [-0.05, 0) is 67.3 Å². The third kappa shape index (κ3) is 3.27. The summed E-state index contributed by atoms with van der Waals surface area (Å²) in [5.74, 6) is -0.437. The Morgan fingerprint density at radius 1 is 1.14 bits per heavy atom. The number of benzene rings is 2. The summed E-state index contributed by atoms with van der Waals surface area (Å²) >= 11 is 0. The number of hydrogen-bond donors (Lipinski definition) is 1. The molecule has 4 rings (SSSR count). The van der Waals surface area contributed by atoms with Crippen LogP contribution in [-0.2, 0) is 6.54 Å². The monoisotopic (exact) mass is 384 g/mol. The highest BCUT2D eigenvalue weighted by Crippen LogP contribution is 2.29. The molecule has 0 radical (unpaired) electrons. The first-order chi connectivity index (χ1) is 13.9. The molecular weight excluding hydrogens is 364 g/mol. The van der Waals surface area contributed by atoms with Crippen LogP contribution < -0.4 is 11.5 Å². The number of aryl methyl sites for hydroxylation is 3. The number of hydrogen-bond acceptors (Lipinski definition) is 5. The van der Waals surface area contributed by atoms with E-state index < -0.39 is 5.76 Å². The number of oxazole rings is 1. The average molecular weight is 384 g/mol. The van der Waals surface area contributed by atoms with Crippen molar-refractivity contribution in [3.63, 3.8) is 0 Å². The van der Waals surface area contributed by atoms with Gasteiger partial charge in [0.1, 0.15) is 0 Å². The fraction of sp³-hybridized carbons (Fsp3) is 0.174. The van der Waals surface area contributed by atoms with Crippen LogP contribution in [0.4, 0.5) is 5.69 Å². The number of aromatic nitrogens is 2. The van der Waals surface area contributed by atoms with E-state index >= 15 is 0 Å². The maximum Gasteiger partial charge on any atom is 0.420 e. The van der Waals surface area contributed by atoms with Crippen LogP contribution in [0.2, 0.25) is 0 Å². The Hall–Kier alpha value is -3.85. The summed E-state index contributed by atoms with van der Waals surface area (Å²) in [6.07, 6.45) is 1.77. The van der Waals surface area contributed by atoms with Crippen molar-refractivity contribution in [3.05, 3.63) is 81.0 Å². The van der Waals surface area contributed by atoms with Crippen molar-refractivity contribution in [3.8, 4) is 17.3 Å². The maximum absolute atomic E-state index is 12.4. The van der Waals surface area contributed by atoms with Crippen molar-refractivity contribution >= 4 is 16.8 Å². The lowest BCUT2D eigenvalue weighted by Gasteiger charge is -2.13. The standard InChI is InChI=1S/C23H20N4O2/c1-13-6-14(2)22(16(7-13)10-24)19-8-17(15(3)11-26-19)12-27-20-5-4-18(25)9-21(20)29-23(27)28/h4-9,11H,12,25H2,1-3H3. The van der Waals surface area contributed by atoms with E-state index in [4.69, 9.17) is 10.2 Å². The van der Waals surface area contributed by atoms with E-state index in [1.807, 2.05) is 39.0 Å². The Morgan fingerprint density at radius 2 is 1.93 bits per heavy atom. The molecule has 0 bridgehead atoms. The minimum absolute atomic E-state index is 0.337. The van der Waals surface area contributed by atoms with E-state index in [9.17, 15) is 10.1 Å². The molecule has 6 heteroatoms. The Labute approximate surface area is 167 Å². The van der Waals surface area contributed by atoms with Gasteiger partial charge in [0.05, 0.1) is 29.4 Å². The molecule has 0 saturated carbocycles. The average Bonchev–Trinajstić information content (AvgIpc) is 2.97. The predicted molar refractivity (Wildman–Crippen MR) is 113 cm³/mol. The zero-order valence-electron chi connectivity index (χ0n) is 16.5. The van der Waals surface area contributed by atoms with Gasteiger partial charge < -0.3 is 10.2 Å². The zero-order chi connectivity index (χ0) is 20.7. The van der Waals surface area contributed by atoms with Crippen LogP contribution in [0, 0.1) is 32.1 Å². The lowest BCUT2D eigenvalue weighted by Crippen LogP contribution is -2.15. The molecule has 144 valence electrons. The fourth-order valence-electron chi connectivity index (χ4n) is 3.67. The maximum atomic E-state index is 12.4. The first-order valence-corrected chi connectivity index (χ1v) is 9.23. The third-order valence-electron chi connectivity index (χ3n) is 5.09. The zero-order valence-corrected chi connectivity index (χ0v) is 16.5. The van der Waals surface area contributed by atoms with E-state index in [0.717, 1.165) is 27.8 Å². The molecular formula is C23H20N4O2. The number of nitrogen functional groups attached to an aromatic ring is 1. The molecule has 0 atom stereocenters. The van der Waals surface area contributed by atoms with E-state index in [2.05, 4.69) is 11.1 Å². The van der Waals surface area contributed by atoms with Crippen LogP contribution in [0.3, 0.4) is 0 Å². The minimum atomic E-state index is -0.437. The second-order valence-electron chi connectivity index (χ2n) is 7.29. The summed E-state index contributed by atoms with van der Waals surface area (Å²) in [5.41, 5.74) is 13.5. The normalized spacial score (nSPS) is 11.0. The van der Waals surface area contributed by atoms with Crippen LogP contribution in [0.1, 0.15) is 27.8 Å².